The van der Waals surface area contributed by atoms with Crippen LogP contribution in [0.4, 0.5) is 0 Å². The van der Waals surface area contributed by atoms with Crippen LogP contribution in [0.2, 0.25) is 0 Å². The number of thiophene rings is 1. The van der Waals surface area contributed by atoms with Crippen LogP contribution in [-0.4, -0.2) is 32.9 Å². The lowest BCUT2D eigenvalue weighted by atomic mass is 9.98. The Kier molecular flexibility index (Phi) is 11.6. The Morgan fingerprint density at radius 2 is 1.96 bits per heavy atom. The molecule has 0 amide bonds. The summed E-state index contributed by atoms with van der Waals surface area (Å²) in [6, 6.07) is 10.3. The second-order valence-electron chi connectivity index (χ2n) is 7.13. The van der Waals surface area contributed by atoms with Crippen LogP contribution in [-0.2, 0) is 4.74 Å². The van der Waals surface area contributed by atoms with Crippen molar-refractivity contribution < 1.29 is 9.47 Å². The summed E-state index contributed by atoms with van der Waals surface area (Å²) < 4.78 is 11.4. The van der Waals surface area contributed by atoms with Crippen LogP contribution in [0, 0.1) is 17.3 Å². The van der Waals surface area contributed by atoms with Gasteiger partial charge in [-0.3, -0.25) is 0 Å². The standard InChI is InChI=1S/C23H29NO2S.ClH/c1-23(2,3)11-5-4-6-12-24-13-14-25-15-16-26-22-9-7-8-20(18-22)21-10-17-27-19-21;/h4,6-10,17-19,24H,12-16H2,1-3H3;1H. The Balaban J connectivity index is 0.00000392. The van der Waals surface area contributed by atoms with Crippen molar-refractivity contribution in [2.24, 2.45) is 5.41 Å². The lowest BCUT2D eigenvalue weighted by Gasteiger charge is -2.08. The van der Waals surface area contributed by atoms with Crippen LogP contribution in [0.1, 0.15) is 20.8 Å². The molecule has 0 aliphatic heterocycles. The summed E-state index contributed by atoms with van der Waals surface area (Å²) in [5.74, 6) is 7.10. The minimum Gasteiger partial charge on any atom is -0.491 e. The third-order valence-corrected chi connectivity index (χ3v) is 4.20. The summed E-state index contributed by atoms with van der Waals surface area (Å²) in [6.45, 7) is 9.72. The van der Waals surface area contributed by atoms with E-state index in [-0.39, 0.29) is 17.8 Å². The largest absolute Gasteiger partial charge is 0.491 e. The van der Waals surface area contributed by atoms with Gasteiger partial charge in [0.25, 0.3) is 0 Å². The molecule has 1 heterocycles. The van der Waals surface area contributed by atoms with E-state index in [0.717, 1.165) is 18.8 Å². The highest BCUT2D eigenvalue weighted by molar-refractivity contribution is 7.08. The molecule has 0 atom stereocenters. The van der Waals surface area contributed by atoms with E-state index in [9.17, 15) is 0 Å². The van der Waals surface area contributed by atoms with E-state index in [1.54, 1.807) is 11.3 Å². The summed E-state index contributed by atoms with van der Waals surface area (Å²) >= 11 is 1.70. The molecule has 1 aromatic heterocycles. The van der Waals surface area contributed by atoms with Crippen molar-refractivity contribution in [1.82, 2.24) is 5.32 Å². The zero-order chi connectivity index (χ0) is 19.4. The third kappa shape index (κ3) is 10.5. The summed E-state index contributed by atoms with van der Waals surface area (Å²) in [6.07, 6.45) is 3.93. The third-order valence-electron chi connectivity index (χ3n) is 3.52. The maximum atomic E-state index is 5.78. The molecule has 0 spiro atoms. The van der Waals surface area contributed by atoms with E-state index in [2.05, 4.69) is 66.9 Å². The molecule has 0 aliphatic rings. The number of rotatable bonds is 10. The van der Waals surface area contributed by atoms with Gasteiger partial charge in [-0.1, -0.05) is 30.0 Å². The maximum absolute atomic E-state index is 5.78. The molecule has 3 nitrogen and oxygen atoms in total. The van der Waals surface area contributed by atoms with E-state index in [4.69, 9.17) is 9.47 Å². The lowest BCUT2D eigenvalue weighted by Crippen LogP contribution is -2.20. The van der Waals surface area contributed by atoms with Crippen molar-refractivity contribution in [3.8, 4) is 28.7 Å². The summed E-state index contributed by atoms with van der Waals surface area (Å²) in [5.41, 5.74) is 2.46. The molecule has 28 heavy (non-hydrogen) atoms. The van der Waals surface area contributed by atoms with Gasteiger partial charge in [-0.05, 0) is 66.9 Å². The molecule has 0 fully saturated rings. The highest BCUT2D eigenvalue weighted by Crippen LogP contribution is 2.25. The van der Waals surface area contributed by atoms with Gasteiger partial charge >= 0.3 is 0 Å². The van der Waals surface area contributed by atoms with Crippen LogP contribution in [0.15, 0.2) is 53.2 Å². The SMILES string of the molecule is CC(C)(C)C#CC=CCNCCOCCOc1cccc(-c2ccsc2)c1.Cl. The summed E-state index contributed by atoms with van der Waals surface area (Å²) in [4.78, 5) is 0. The normalized spacial score (nSPS) is 11.0. The molecule has 1 N–H and O–H groups in total. The quantitative estimate of drug-likeness (QED) is 0.411. The number of allylic oxidation sites excluding steroid dienone is 1. The number of benzene rings is 1. The first kappa shape index (κ1) is 24.3. The van der Waals surface area contributed by atoms with Crippen molar-refractivity contribution in [1.29, 1.82) is 0 Å². The molecule has 0 aliphatic carbocycles. The van der Waals surface area contributed by atoms with Gasteiger partial charge in [0.05, 0.1) is 13.2 Å². The molecule has 0 radical (unpaired) electrons. The minimum atomic E-state index is 0. The van der Waals surface area contributed by atoms with Crippen LogP contribution in [0.3, 0.4) is 0 Å². The first-order chi connectivity index (χ1) is 13.0. The first-order valence-electron chi connectivity index (χ1n) is 9.26. The van der Waals surface area contributed by atoms with Crippen molar-refractivity contribution in [2.45, 2.75) is 20.8 Å². The molecule has 0 saturated heterocycles. The van der Waals surface area contributed by atoms with Crippen molar-refractivity contribution >= 4 is 23.7 Å². The molecule has 0 bridgehead atoms. The van der Waals surface area contributed by atoms with Crippen molar-refractivity contribution in [2.75, 3.05) is 32.9 Å². The number of hydrogen-bond acceptors (Lipinski definition) is 4. The van der Waals surface area contributed by atoms with Gasteiger partial charge in [0.1, 0.15) is 12.4 Å². The average molecular weight is 420 g/mol. The smallest absolute Gasteiger partial charge is 0.120 e. The van der Waals surface area contributed by atoms with Crippen LogP contribution >= 0.6 is 23.7 Å². The number of hydrogen-bond donors (Lipinski definition) is 1. The van der Waals surface area contributed by atoms with E-state index in [0.29, 0.717) is 19.8 Å². The fraction of sp³-hybridized carbons (Fsp3) is 0.391. The van der Waals surface area contributed by atoms with Gasteiger partial charge in [-0.2, -0.15) is 11.3 Å². The second kappa shape index (κ2) is 13.4. The highest BCUT2D eigenvalue weighted by Gasteiger charge is 2.02. The maximum Gasteiger partial charge on any atom is 0.120 e. The van der Waals surface area contributed by atoms with Crippen molar-refractivity contribution in [3.63, 3.8) is 0 Å². The number of nitrogens with one attached hydrogen (secondary N) is 1. The molecule has 152 valence electrons. The molecule has 2 aromatic rings. The number of ether oxygens (including phenoxy) is 2. The van der Waals surface area contributed by atoms with Gasteiger partial charge in [-0.15, -0.1) is 12.4 Å². The predicted molar refractivity (Wildman–Crippen MR) is 123 cm³/mol. The Bertz CT molecular complexity index is 755. The van der Waals surface area contributed by atoms with Gasteiger partial charge in [-0.25, -0.2) is 0 Å². The van der Waals surface area contributed by atoms with Gasteiger partial charge in [0.2, 0.25) is 0 Å². The van der Waals surface area contributed by atoms with E-state index < -0.39 is 0 Å². The predicted octanol–water partition coefficient (Wildman–Crippen LogP) is 5.43. The molecule has 2 rings (SSSR count). The average Bonchev–Trinajstić information content (AvgIpc) is 3.17. The zero-order valence-corrected chi connectivity index (χ0v) is 18.5. The Labute approximate surface area is 179 Å². The molecule has 0 saturated carbocycles. The Hall–Kier alpha value is -1.77. The van der Waals surface area contributed by atoms with Gasteiger partial charge in [0, 0.05) is 18.5 Å². The molecule has 0 unspecified atom stereocenters. The van der Waals surface area contributed by atoms with E-state index in [1.165, 1.54) is 11.1 Å². The first-order valence-corrected chi connectivity index (χ1v) is 10.2. The van der Waals surface area contributed by atoms with Crippen molar-refractivity contribution in [3.05, 3.63) is 53.2 Å². The minimum absolute atomic E-state index is 0. The molecule has 5 heteroatoms. The van der Waals surface area contributed by atoms with Crippen LogP contribution < -0.4 is 10.1 Å². The Morgan fingerprint density at radius 1 is 1.11 bits per heavy atom. The summed E-state index contributed by atoms with van der Waals surface area (Å²) in [5, 5.41) is 7.52. The summed E-state index contributed by atoms with van der Waals surface area (Å²) in [7, 11) is 0. The monoisotopic (exact) mass is 419 g/mol. The molecular formula is C23H30ClNO2S. The van der Waals surface area contributed by atoms with Crippen LogP contribution in [0.5, 0.6) is 5.75 Å². The van der Waals surface area contributed by atoms with E-state index >= 15 is 0 Å². The Morgan fingerprint density at radius 3 is 2.71 bits per heavy atom. The lowest BCUT2D eigenvalue weighted by molar-refractivity contribution is 0.102. The zero-order valence-electron chi connectivity index (χ0n) is 16.9. The second-order valence-corrected chi connectivity index (χ2v) is 7.91. The molecular weight excluding hydrogens is 390 g/mol. The van der Waals surface area contributed by atoms with Gasteiger partial charge in [0.15, 0.2) is 0 Å². The number of halogens is 1. The molecule has 1 aromatic carbocycles. The fourth-order valence-corrected chi connectivity index (χ4v) is 2.89. The van der Waals surface area contributed by atoms with E-state index in [1.807, 2.05) is 24.3 Å². The fourth-order valence-electron chi connectivity index (χ4n) is 2.22. The van der Waals surface area contributed by atoms with Crippen LogP contribution in [0.25, 0.3) is 11.1 Å². The topological polar surface area (TPSA) is 30.5 Å². The highest BCUT2D eigenvalue weighted by atomic mass is 35.5. The van der Waals surface area contributed by atoms with Gasteiger partial charge < -0.3 is 14.8 Å².